The van der Waals surface area contributed by atoms with Gasteiger partial charge < -0.3 is 14.5 Å². The van der Waals surface area contributed by atoms with Gasteiger partial charge in [0.05, 0.1) is 18.8 Å². The molecule has 0 aliphatic carbocycles. The number of hydrogen-bond acceptors (Lipinski definition) is 4. The minimum absolute atomic E-state index is 0.0363. The number of carbonyl (C=O) groups is 1. The van der Waals surface area contributed by atoms with Crippen molar-refractivity contribution in [2.24, 2.45) is 5.92 Å². The normalized spacial score (nSPS) is 17.7. The fraction of sp³-hybridized carbons (Fsp3) is 0.706. The molecule has 0 spiro atoms. The fourth-order valence-corrected chi connectivity index (χ4v) is 3.11. The number of ether oxygens (including phenoxy) is 1. The number of hydrogen-bond donors (Lipinski definition) is 1. The Morgan fingerprint density at radius 1 is 1.18 bits per heavy atom. The van der Waals surface area contributed by atoms with Crippen LogP contribution in [0.25, 0.3) is 0 Å². The Bertz CT molecular complexity index is 516. The number of aryl methyl sites for hydroxylation is 2. The zero-order valence-corrected chi connectivity index (χ0v) is 14.4. The molecule has 22 heavy (non-hydrogen) atoms. The Hall–Kier alpha value is -1.33. The summed E-state index contributed by atoms with van der Waals surface area (Å²) in [4.78, 5) is 14.9. The molecular formula is C17H28N2O3. The molecule has 0 aromatic carbocycles. The summed E-state index contributed by atoms with van der Waals surface area (Å²) in [5.41, 5.74) is 1.62. The van der Waals surface area contributed by atoms with Crippen LogP contribution in [0.5, 0.6) is 0 Å². The Morgan fingerprint density at radius 2 is 1.82 bits per heavy atom. The third kappa shape index (κ3) is 3.70. The highest BCUT2D eigenvalue weighted by atomic mass is 16.5. The van der Waals surface area contributed by atoms with Gasteiger partial charge in [-0.3, -0.25) is 9.69 Å². The van der Waals surface area contributed by atoms with E-state index in [0.717, 1.165) is 37.6 Å². The van der Waals surface area contributed by atoms with E-state index in [1.54, 1.807) is 0 Å². The lowest BCUT2D eigenvalue weighted by Gasteiger charge is -2.36. The van der Waals surface area contributed by atoms with Gasteiger partial charge in [0.15, 0.2) is 0 Å². The average Bonchev–Trinajstić information content (AvgIpc) is 2.73. The van der Waals surface area contributed by atoms with Crippen molar-refractivity contribution in [2.45, 2.75) is 40.7 Å². The molecule has 0 radical (unpaired) electrons. The zero-order valence-electron chi connectivity index (χ0n) is 14.4. The first-order chi connectivity index (χ1) is 10.4. The van der Waals surface area contributed by atoms with Crippen molar-refractivity contribution in [1.82, 2.24) is 10.2 Å². The minimum atomic E-state index is -0.0363. The van der Waals surface area contributed by atoms with E-state index in [2.05, 4.69) is 24.1 Å². The highest BCUT2D eigenvalue weighted by molar-refractivity contribution is 5.96. The van der Waals surface area contributed by atoms with Crippen molar-refractivity contribution in [3.05, 3.63) is 22.6 Å². The van der Waals surface area contributed by atoms with Gasteiger partial charge in [-0.1, -0.05) is 13.8 Å². The monoisotopic (exact) mass is 308 g/mol. The summed E-state index contributed by atoms with van der Waals surface area (Å²) in [5, 5.41) is 3.09. The van der Waals surface area contributed by atoms with Crippen molar-refractivity contribution < 1.29 is 13.9 Å². The molecule has 1 unspecified atom stereocenters. The van der Waals surface area contributed by atoms with E-state index in [4.69, 9.17) is 9.15 Å². The lowest BCUT2D eigenvalue weighted by atomic mass is 10.0. The quantitative estimate of drug-likeness (QED) is 0.907. The SMILES string of the molecule is Cc1oc(C)c(C(=O)NCC(C(C)C)N2CCOCC2)c1C. The van der Waals surface area contributed by atoms with E-state index >= 15 is 0 Å². The number of nitrogens with one attached hydrogen (secondary N) is 1. The van der Waals surface area contributed by atoms with Gasteiger partial charge in [0, 0.05) is 31.2 Å². The molecular weight excluding hydrogens is 280 g/mol. The van der Waals surface area contributed by atoms with Gasteiger partial charge in [0.1, 0.15) is 11.5 Å². The van der Waals surface area contributed by atoms with Crippen LogP contribution in [-0.2, 0) is 4.74 Å². The second-order valence-electron chi connectivity index (χ2n) is 6.38. The highest BCUT2D eigenvalue weighted by Gasteiger charge is 2.25. The number of furan rings is 1. The summed E-state index contributed by atoms with van der Waals surface area (Å²) in [6.07, 6.45) is 0. The topological polar surface area (TPSA) is 54.7 Å². The van der Waals surface area contributed by atoms with Crippen LogP contribution in [0.4, 0.5) is 0 Å². The van der Waals surface area contributed by atoms with Gasteiger partial charge in [-0.25, -0.2) is 0 Å². The molecule has 1 fully saturated rings. The highest BCUT2D eigenvalue weighted by Crippen LogP contribution is 2.20. The van der Waals surface area contributed by atoms with Crippen molar-refractivity contribution >= 4 is 5.91 Å². The van der Waals surface area contributed by atoms with Crippen LogP contribution in [0.15, 0.2) is 4.42 Å². The predicted octanol–water partition coefficient (Wildman–Crippen LogP) is 2.29. The molecule has 1 N–H and O–H groups in total. The second kappa shape index (κ2) is 7.29. The van der Waals surface area contributed by atoms with Crippen LogP contribution in [-0.4, -0.2) is 49.7 Å². The molecule has 1 saturated heterocycles. The third-order valence-electron chi connectivity index (χ3n) is 4.54. The number of nitrogens with zero attached hydrogens (tertiary/aromatic N) is 1. The molecule has 1 atom stereocenters. The van der Waals surface area contributed by atoms with Crippen molar-refractivity contribution in [3.8, 4) is 0 Å². The van der Waals surface area contributed by atoms with Gasteiger partial charge in [0.2, 0.25) is 0 Å². The molecule has 2 rings (SSSR count). The first-order valence-corrected chi connectivity index (χ1v) is 8.08. The zero-order chi connectivity index (χ0) is 16.3. The first kappa shape index (κ1) is 17.0. The largest absolute Gasteiger partial charge is 0.466 e. The summed E-state index contributed by atoms with van der Waals surface area (Å²) >= 11 is 0. The Labute approximate surface area is 133 Å². The summed E-state index contributed by atoms with van der Waals surface area (Å²) in [6, 6.07) is 0.335. The van der Waals surface area contributed by atoms with Crippen LogP contribution < -0.4 is 5.32 Å². The van der Waals surface area contributed by atoms with Crippen LogP contribution in [0, 0.1) is 26.7 Å². The van der Waals surface area contributed by atoms with Gasteiger partial charge in [-0.15, -0.1) is 0 Å². The van der Waals surface area contributed by atoms with E-state index in [9.17, 15) is 4.79 Å². The van der Waals surface area contributed by atoms with E-state index in [1.807, 2.05) is 20.8 Å². The van der Waals surface area contributed by atoms with E-state index in [1.165, 1.54) is 0 Å². The molecule has 0 saturated carbocycles. The molecule has 1 aliphatic heterocycles. The maximum Gasteiger partial charge on any atom is 0.255 e. The Kier molecular flexibility index (Phi) is 5.64. The van der Waals surface area contributed by atoms with Crippen molar-refractivity contribution in [1.29, 1.82) is 0 Å². The number of rotatable bonds is 5. The van der Waals surface area contributed by atoms with Crippen molar-refractivity contribution in [2.75, 3.05) is 32.8 Å². The fourth-order valence-electron chi connectivity index (χ4n) is 3.11. The van der Waals surface area contributed by atoms with E-state index in [-0.39, 0.29) is 5.91 Å². The summed E-state index contributed by atoms with van der Waals surface area (Å²) in [6.45, 7) is 14.1. The number of amides is 1. The molecule has 2 heterocycles. The third-order valence-corrected chi connectivity index (χ3v) is 4.54. The minimum Gasteiger partial charge on any atom is -0.466 e. The van der Waals surface area contributed by atoms with Crippen LogP contribution >= 0.6 is 0 Å². The predicted molar refractivity (Wildman–Crippen MR) is 86.3 cm³/mol. The van der Waals surface area contributed by atoms with Crippen LogP contribution in [0.3, 0.4) is 0 Å². The van der Waals surface area contributed by atoms with Gasteiger partial charge in [-0.05, 0) is 26.7 Å². The molecule has 1 aromatic rings. The van der Waals surface area contributed by atoms with E-state index < -0.39 is 0 Å². The summed E-state index contributed by atoms with van der Waals surface area (Å²) in [5.74, 6) is 1.95. The number of morpholine rings is 1. The molecule has 1 amide bonds. The number of carbonyl (C=O) groups excluding carboxylic acids is 1. The van der Waals surface area contributed by atoms with Crippen LogP contribution in [0.2, 0.25) is 0 Å². The maximum absolute atomic E-state index is 12.5. The standard InChI is InChI=1S/C17H28N2O3/c1-11(2)15(19-6-8-21-9-7-19)10-18-17(20)16-12(3)13(4)22-14(16)5/h11,15H,6-10H2,1-5H3,(H,18,20). The molecule has 0 bridgehead atoms. The van der Waals surface area contributed by atoms with Gasteiger partial charge >= 0.3 is 0 Å². The van der Waals surface area contributed by atoms with E-state index in [0.29, 0.717) is 29.8 Å². The molecule has 1 aliphatic rings. The average molecular weight is 308 g/mol. The lowest BCUT2D eigenvalue weighted by Crippen LogP contribution is -2.51. The lowest BCUT2D eigenvalue weighted by molar-refractivity contribution is 0.00672. The summed E-state index contributed by atoms with van der Waals surface area (Å²) in [7, 11) is 0. The summed E-state index contributed by atoms with van der Waals surface area (Å²) < 4.78 is 11.0. The first-order valence-electron chi connectivity index (χ1n) is 8.08. The Morgan fingerprint density at radius 3 is 2.32 bits per heavy atom. The molecule has 5 heteroatoms. The smallest absolute Gasteiger partial charge is 0.255 e. The molecule has 1 aromatic heterocycles. The molecule has 5 nitrogen and oxygen atoms in total. The van der Waals surface area contributed by atoms with Crippen LogP contribution in [0.1, 0.15) is 41.3 Å². The maximum atomic E-state index is 12.5. The van der Waals surface area contributed by atoms with Crippen molar-refractivity contribution in [3.63, 3.8) is 0 Å². The second-order valence-corrected chi connectivity index (χ2v) is 6.38. The van der Waals surface area contributed by atoms with Gasteiger partial charge in [-0.2, -0.15) is 0 Å². The molecule has 124 valence electrons. The Balaban J connectivity index is 2.01. The van der Waals surface area contributed by atoms with Gasteiger partial charge in [0.25, 0.3) is 5.91 Å².